The topological polar surface area (TPSA) is 62.6 Å². The van der Waals surface area contributed by atoms with E-state index < -0.39 is 0 Å². The first-order valence-corrected chi connectivity index (χ1v) is 8.50. The second-order valence-electron chi connectivity index (χ2n) is 6.19. The maximum absolute atomic E-state index is 12.6. The first-order valence-electron chi connectivity index (χ1n) is 7.68. The van der Waals surface area contributed by atoms with Gasteiger partial charge in [-0.2, -0.15) is 0 Å². The van der Waals surface area contributed by atoms with E-state index in [4.69, 9.17) is 4.42 Å². The van der Waals surface area contributed by atoms with Gasteiger partial charge in [0.1, 0.15) is 5.00 Å². The standard InChI is InChI=1S/C17H20N2O3S/c1-10-6-7-11-13(9-10)23-16(14(11)17(21)19(2)3)18-15(20)12-5-4-8-22-12/h4-5,8,10H,6-7,9H2,1-3H3,(H,18,20)/t10-/m0/s1. The first kappa shape index (κ1) is 15.8. The van der Waals surface area contributed by atoms with E-state index in [0.717, 1.165) is 24.8 Å². The SMILES string of the molecule is C[C@H]1CCc2c(sc(NC(=O)c3ccco3)c2C(=O)N(C)C)C1. The molecule has 5 nitrogen and oxygen atoms in total. The number of rotatable bonds is 3. The molecule has 2 aromatic heterocycles. The quantitative estimate of drug-likeness (QED) is 0.937. The highest BCUT2D eigenvalue weighted by molar-refractivity contribution is 7.17. The maximum Gasteiger partial charge on any atom is 0.291 e. The number of nitrogens with one attached hydrogen (secondary N) is 1. The average molecular weight is 332 g/mol. The van der Waals surface area contributed by atoms with Crippen LogP contribution in [-0.4, -0.2) is 30.8 Å². The molecule has 0 aliphatic heterocycles. The second kappa shape index (κ2) is 6.20. The fourth-order valence-electron chi connectivity index (χ4n) is 2.86. The zero-order valence-corrected chi connectivity index (χ0v) is 14.3. The van der Waals surface area contributed by atoms with Crippen LogP contribution in [0, 0.1) is 5.92 Å². The third kappa shape index (κ3) is 3.03. The second-order valence-corrected chi connectivity index (χ2v) is 7.29. The van der Waals surface area contributed by atoms with Gasteiger partial charge in [-0.25, -0.2) is 0 Å². The van der Waals surface area contributed by atoms with Crippen molar-refractivity contribution in [2.45, 2.75) is 26.2 Å². The molecule has 0 spiro atoms. The zero-order chi connectivity index (χ0) is 16.6. The normalized spacial score (nSPS) is 16.7. The number of amides is 2. The molecule has 23 heavy (non-hydrogen) atoms. The van der Waals surface area contributed by atoms with E-state index in [9.17, 15) is 9.59 Å². The van der Waals surface area contributed by atoms with Crippen molar-refractivity contribution in [3.05, 3.63) is 40.2 Å². The molecule has 0 unspecified atom stereocenters. The summed E-state index contributed by atoms with van der Waals surface area (Å²) in [5, 5.41) is 3.49. The molecular formula is C17H20N2O3S. The van der Waals surface area contributed by atoms with Gasteiger partial charge in [-0.05, 0) is 42.9 Å². The van der Waals surface area contributed by atoms with E-state index in [2.05, 4.69) is 12.2 Å². The van der Waals surface area contributed by atoms with Gasteiger partial charge in [0.05, 0.1) is 11.8 Å². The van der Waals surface area contributed by atoms with Crippen LogP contribution in [0.4, 0.5) is 5.00 Å². The Morgan fingerprint density at radius 3 is 2.83 bits per heavy atom. The molecule has 122 valence electrons. The Hall–Kier alpha value is -2.08. The van der Waals surface area contributed by atoms with Crippen LogP contribution in [0.1, 0.15) is 44.7 Å². The average Bonchev–Trinajstić information content (AvgIpc) is 3.13. The lowest BCUT2D eigenvalue weighted by Crippen LogP contribution is -2.25. The molecule has 0 aromatic carbocycles. The minimum Gasteiger partial charge on any atom is -0.459 e. The molecule has 6 heteroatoms. The molecule has 0 saturated heterocycles. The highest BCUT2D eigenvalue weighted by Crippen LogP contribution is 2.40. The number of fused-ring (bicyclic) bond motifs is 1. The highest BCUT2D eigenvalue weighted by atomic mass is 32.1. The Morgan fingerprint density at radius 1 is 1.39 bits per heavy atom. The van der Waals surface area contributed by atoms with Crippen molar-refractivity contribution in [2.24, 2.45) is 5.92 Å². The highest BCUT2D eigenvalue weighted by Gasteiger charge is 2.29. The Morgan fingerprint density at radius 2 is 2.17 bits per heavy atom. The van der Waals surface area contributed by atoms with E-state index in [-0.39, 0.29) is 17.6 Å². The molecule has 3 rings (SSSR count). The van der Waals surface area contributed by atoms with E-state index in [0.29, 0.717) is 16.5 Å². The molecule has 2 aromatic rings. The summed E-state index contributed by atoms with van der Waals surface area (Å²) < 4.78 is 5.13. The number of carbonyl (C=O) groups excluding carboxylic acids is 2. The van der Waals surface area contributed by atoms with Crippen LogP contribution in [0.3, 0.4) is 0 Å². The van der Waals surface area contributed by atoms with Gasteiger partial charge in [-0.15, -0.1) is 11.3 Å². The Bertz CT molecular complexity index is 731. The molecule has 0 fully saturated rings. The third-order valence-corrected chi connectivity index (χ3v) is 5.27. The van der Waals surface area contributed by atoms with Crippen LogP contribution in [0.15, 0.2) is 22.8 Å². The minimum absolute atomic E-state index is 0.0632. The van der Waals surface area contributed by atoms with Crippen molar-refractivity contribution < 1.29 is 14.0 Å². The van der Waals surface area contributed by atoms with Gasteiger partial charge < -0.3 is 14.6 Å². The number of thiophene rings is 1. The van der Waals surface area contributed by atoms with Gasteiger partial charge in [0.2, 0.25) is 0 Å². The number of anilines is 1. The van der Waals surface area contributed by atoms with Crippen LogP contribution in [-0.2, 0) is 12.8 Å². The lowest BCUT2D eigenvalue weighted by Gasteiger charge is -2.19. The number of nitrogens with zero attached hydrogens (tertiary/aromatic N) is 1. The largest absolute Gasteiger partial charge is 0.459 e. The summed E-state index contributed by atoms with van der Waals surface area (Å²) >= 11 is 1.52. The van der Waals surface area contributed by atoms with Gasteiger partial charge in [-0.1, -0.05) is 6.92 Å². The van der Waals surface area contributed by atoms with E-state index in [1.165, 1.54) is 22.5 Å². The molecular weight excluding hydrogens is 312 g/mol. The summed E-state index contributed by atoms with van der Waals surface area (Å²) in [5.41, 5.74) is 1.74. The molecule has 1 N–H and O–H groups in total. The van der Waals surface area contributed by atoms with Crippen molar-refractivity contribution in [2.75, 3.05) is 19.4 Å². The van der Waals surface area contributed by atoms with Crippen LogP contribution in [0.25, 0.3) is 0 Å². The van der Waals surface area contributed by atoms with Gasteiger partial charge in [-0.3, -0.25) is 9.59 Å². The Balaban J connectivity index is 1.98. The monoisotopic (exact) mass is 332 g/mol. The lowest BCUT2D eigenvalue weighted by atomic mass is 9.88. The molecule has 0 bridgehead atoms. The van der Waals surface area contributed by atoms with Crippen LogP contribution in [0.2, 0.25) is 0 Å². The molecule has 0 saturated carbocycles. The lowest BCUT2D eigenvalue weighted by molar-refractivity contribution is 0.0827. The molecule has 1 atom stereocenters. The summed E-state index contributed by atoms with van der Waals surface area (Å²) in [4.78, 5) is 27.6. The summed E-state index contributed by atoms with van der Waals surface area (Å²) in [5.74, 6) is 0.464. The fraction of sp³-hybridized carbons (Fsp3) is 0.412. The van der Waals surface area contributed by atoms with Gasteiger partial charge in [0, 0.05) is 19.0 Å². The molecule has 2 heterocycles. The maximum atomic E-state index is 12.6. The molecule has 0 radical (unpaired) electrons. The first-order chi connectivity index (χ1) is 11.0. The summed E-state index contributed by atoms with van der Waals surface area (Å²) in [7, 11) is 3.46. The zero-order valence-electron chi connectivity index (χ0n) is 13.5. The third-order valence-electron chi connectivity index (χ3n) is 4.10. The number of carbonyl (C=O) groups is 2. The minimum atomic E-state index is -0.325. The van der Waals surface area contributed by atoms with Crippen molar-refractivity contribution in [1.82, 2.24) is 4.90 Å². The van der Waals surface area contributed by atoms with Crippen LogP contribution < -0.4 is 5.32 Å². The Labute approximate surface area is 139 Å². The van der Waals surface area contributed by atoms with Crippen molar-refractivity contribution in [3.8, 4) is 0 Å². The number of furan rings is 1. The van der Waals surface area contributed by atoms with Crippen LogP contribution >= 0.6 is 11.3 Å². The summed E-state index contributed by atoms with van der Waals surface area (Å²) in [6.07, 6.45) is 4.38. The predicted octanol–water partition coefficient (Wildman–Crippen LogP) is 3.42. The molecule has 2 amide bonds. The van der Waals surface area contributed by atoms with E-state index >= 15 is 0 Å². The van der Waals surface area contributed by atoms with Crippen molar-refractivity contribution in [3.63, 3.8) is 0 Å². The predicted molar refractivity (Wildman–Crippen MR) is 90.2 cm³/mol. The summed E-state index contributed by atoms with van der Waals surface area (Å²) in [6.45, 7) is 2.22. The van der Waals surface area contributed by atoms with E-state index in [1.54, 1.807) is 31.1 Å². The van der Waals surface area contributed by atoms with Crippen LogP contribution in [0.5, 0.6) is 0 Å². The van der Waals surface area contributed by atoms with Crippen molar-refractivity contribution in [1.29, 1.82) is 0 Å². The van der Waals surface area contributed by atoms with Crippen molar-refractivity contribution >= 4 is 28.2 Å². The fourth-order valence-corrected chi connectivity index (χ4v) is 4.26. The number of hydrogen-bond acceptors (Lipinski definition) is 4. The molecule has 1 aliphatic rings. The smallest absolute Gasteiger partial charge is 0.291 e. The van der Waals surface area contributed by atoms with Gasteiger partial charge >= 0.3 is 0 Å². The van der Waals surface area contributed by atoms with Gasteiger partial charge in [0.15, 0.2) is 5.76 Å². The Kier molecular flexibility index (Phi) is 4.26. The number of hydrogen-bond donors (Lipinski definition) is 1. The molecule has 1 aliphatic carbocycles. The van der Waals surface area contributed by atoms with E-state index in [1.807, 2.05) is 0 Å². The van der Waals surface area contributed by atoms with Gasteiger partial charge in [0.25, 0.3) is 11.8 Å². The summed E-state index contributed by atoms with van der Waals surface area (Å²) in [6, 6.07) is 3.28.